The number of methoxy groups -OCH3 is 1. The van der Waals surface area contributed by atoms with Gasteiger partial charge in [0.05, 0.1) is 24.6 Å². The summed E-state index contributed by atoms with van der Waals surface area (Å²) in [7, 11) is 1.53. The van der Waals surface area contributed by atoms with Crippen LogP contribution in [0.1, 0.15) is 27.5 Å². The van der Waals surface area contributed by atoms with E-state index in [-0.39, 0.29) is 18.1 Å². The van der Waals surface area contributed by atoms with Gasteiger partial charge in [0, 0.05) is 12.7 Å². The second-order valence-electron chi connectivity index (χ2n) is 4.42. The van der Waals surface area contributed by atoms with Crippen LogP contribution in [0.4, 0.5) is 4.39 Å². The fourth-order valence-electron chi connectivity index (χ4n) is 2.01. The molecule has 2 rings (SSSR count). The summed E-state index contributed by atoms with van der Waals surface area (Å²) in [6.45, 7) is 0.275. The van der Waals surface area contributed by atoms with Crippen molar-refractivity contribution in [1.29, 1.82) is 5.26 Å². The van der Waals surface area contributed by atoms with Crippen LogP contribution in [0.3, 0.4) is 0 Å². The van der Waals surface area contributed by atoms with Gasteiger partial charge < -0.3 is 4.74 Å². The van der Waals surface area contributed by atoms with Crippen molar-refractivity contribution in [1.82, 2.24) is 4.98 Å². The third-order valence-electron chi connectivity index (χ3n) is 3.02. The number of Topliss-reactive ketones (excluding diaryl/α,β-unsaturated/α-hetero) is 1. The molecule has 0 N–H and O–H groups in total. The van der Waals surface area contributed by atoms with Crippen molar-refractivity contribution in [3.8, 4) is 6.07 Å². The van der Waals surface area contributed by atoms with E-state index in [0.29, 0.717) is 11.1 Å². The van der Waals surface area contributed by atoms with Gasteiger partial charge in [0.2, 0.25) is 0 Å². The SMILES string of the molecule is COCc1ccccc1C(=O)[C@H](C#N)c1ccc(F)cn1. The average Bonchev–Trinajstić information content (AvgIpc) is 2.50. The van der Waals surface area contributed by atoms with Crippen molar-refractivity contribution in [3.05, 3.63) is 65.2 Å². The summed E-state index contributed by atoms with van der Waals surface area (Å²) in [5.41, 5.74) is 1.35. The van der Waals surface area contributed by atoms with Crippen LogP contribution in [-0.4, -0.2) is 17.9 Å². The molecule has 0 spiro atoms. The highest BCUT2D eigenvalue weighted by Gasteiger charge is 2.24. The maximum absolute atomic E-state index is 12.9. The first kappa shape index (κ1) is 14.8. The largest absolute Gasteiger partial charge is 0.380 e. The monoisotopic (exact) mass is 284 g/mol. The number of hydrogen-bond acceptors (Lipinski definition) is 4. The lowest BCUT2D eigenvalue weighted by molar-refractivity contribution is 0.0972. The number of carbonyl (C=O) groups is 1. The van der Waals surface area contributed by atoms with Crippen molar-refractivity contribution in [3.63, 3.8) is 0 Å². The van der Waals surface area contributed by atoms with Gasteiger partial charge in [0.25, 0.3) is 0 Å². The predicted octanol–water partition coefficient (Wildman–Crippen LogP) is 2.86. The van der Waals surface area contributed by atoms with E-state index in [1.807, 2.05) is 6.07 Å². The normalized spacial score (nSPS) is 11.7. The first-order chi connectivity index (χ1) is 10.2. The summed E-state index contributed by atoms with van der Waals surface area (Å²) in [5.74, 6) is -1.95. The number of halogens is 1. The number of aromatic nitrogens is 1. The number of nitriles is 1. The van der Waals surface area contributed by atoms with Crippen LogP contribution in [-0.2, 0) is 11.3 Å². The van der Waals surface area contributed by atoms with Gasteiger partial charge in [0.15, 0.2) is 11.7 Å². The maximum atomic E-state index is 12.9. The highest BCUT2D eigenvalue weighted by molar-refractivity contribution is 6.03. The number of carbonyl (C=O) groups excluding carboxylic acids is 1. The minimum Gasteiger partial charge on any atom is -0.380 e. The number of hydrogen-bond donors (Lipinski definition) is 0. The fourth-order valence-corrected chi connectivity index (χ4v) is 2.01. The third-order valence-corrected chi connectivity index (χ3v) is 3.02. The molecule has 0 radical (unpaired) electrons. The molecule has 1 aromatic heterocycles. The quantitative estimate of drug-likeness (QED) is 0.792. The number of pyridine rings is 1. The van der Waals surface area contributed by atoms with E-state index >= 15 is 0 Å². The molecule has 1 heterocycles. The van der Waals surface area contributed by atoms with E-state index in [0.717, 1.165) is 6.20 Å². The number of ketones is 1. The maximum Gasteiger partial charge on any atom is 0.186 e. The van der Waals surface area contributed by atoms with Crippen LogP contribution < -0.4 is 0 Å². The van der Waals surface area contributed by atoms with Crippen LogP contribution in [0.2, 0.25) is 0 Å². The summed E-state index contributed by atoms with van der Waals surface area (Å²) in [6, 6.07) is 11.4. The Balaban J connectivity index is 2.37. The van der Waals surface area contributed by atoms with Crippen LogP contribution in [0.25, 0.3) is 0 Å². The molecular formula is C16H13FN2O2. The number of ether oxygens (including phenoxy) is 1. The Morgan fingerprint density at radius 2 is 2.14 bits per heavy atom. The van der Waals surface area contributed by atoms with Crippen molar-refractivity contribution in [2.45, 2.75) is 12.5 Å². The molecule has 21 heavy (non-hydrogen) atoms. The summed E-state index contributed by atoms with van der Waals surface area (Å²) < 4.78 is 17.9. The Bertz CT molecular complexity index is 677. The molecule has 0 amide bonds. The molecule has 106 valence electrons. The zero-order chi connectivity index (χ0) is 15.2. The Hall–Kier alpha value is -2.58. The summed E-state index contributed by atoms with van der Waals surface area (Å²) in [6.07, 6.45) is 0.994. The average molecular weight is 284 g/mol. The van der Waals surface area contributed by atoms with Gasteiger partial charge in [-0.25, -0.2) is 4.39 Å². The first-order valence-electron chi connectivity index (χ1n) is 6.29. The molecule has 0 fully saturated rings. The second-order valence-corrected chi connectivity index (χ2v) is 4.42. The highest BCUT2D eigenvalue weighted by Crippen LogP contribution is 2.21. The molecule has 0 aliphatic heterocycles. The van der Waals surface area contributed by atoms with E-state index in [1.165, 1.54) is 19.2 Å². The smallest absolute Gasteiger partial charge is 0.186 e. The van der Waals surface area contributed by atoms with Crippen molar-refractivity contribution in [2.24, 2.45) is 0 Å². The topological polar surface area (TPSA) is 63.0 Å². The minimum absolute atomic E-state index is 0.233. The standard InChI is InChI=1S/C16H13FN2O2/c1-21-10-11-4-2-3-5-13(11)16(20)14(8-18)15-7-6-12(17)9-19-15/h2-7,9,14H,10H2,1H3/t14-/m1/s1. The van der Waals surface area contributed by atoms with Gasteiger partial charge in [-0.15, -0.1) is 0 Å². The van der Waals surface area contributed by atoms with Gasteiger partial charge in [0.1, 0.15) is 5.82 Å². The lowest BCUT2D eigenvalue weighted by atomic mass is 9.92. The summed E-state index contributed by atoms with van der Waals surface area (Å²) in [5, 5.41) is 9.27. The fraction of sp³-hybridized carbons (Fsp3) is 0.188. The predicted molar refractivity (Wildman–Crippen MR) is 74.0 cm³/mol. The summed E-state index contributed by atoms with van der Waals surface area (Å²) >= 11 is 0. The van der Waals surface area contributed by atoms with Crippen molar-refractivity contribution in [2.75, 3.05) is 7.11 Å². The molecule has 0 unspecified atom stereocenters. The lowest BCUT2D eigenvalue weighted by Crippen LogP contribution is -2.15. The molecule has 5 heteroatoms. The zero-order valence-electron chi connectivity index (χ0n) is 11.4. The number of rotatable bonds is 5. The van der Waals surface area contributed by atoms with E-state index < -0.39 is 11.7 Å². The summed E-state index contributed by atoms with van der Waals surface area (Å²) in [4.78, 5) is 16.4. The number of benzene rings is 1. The minimum atomic E-state index is -1.07. The molecule has 0 bridgehead atoms. The Morgan fingerprint density at radius 3 is 2.76 bits per heavy atom. The van der Waals surface area contributed by atoms with Gasteiger partial charge in [-0.2, -0.15) is 5.26 Å². The van der Waals surface area contributed by atoms with Crippen molar-refractivity contribution < 1.29 is 13.9 Å². The highest BCUT2D eigenvalue weighted by atomic mass is 19.1. The van der Waals surface area contributed by atoms with E-state index in [2.05, 4.69) is 4.98 Å². The molecule has 2 aromatic rings. The third kappa shape index (κ3) is 3.30. The second kappa shape index (κ2) is 6.73. The van der Waals surface area contributed by atoms with Crippen LogP contribution in [0, 0.1) is 17.1 Å². The molecule has 1 aromatic carbocycles. The molecule has 0 saturated carbocycles. The van der Waals surface area contributed by atoms with Gasteiger partial charge in [-0.3, -0.25) is 9.78 Å². The zero-order valence-corrected chi connectivity index (χ0v) is 11.4. The lowest BCUT2D eigenvalue weighted by Gasteiger charge is -2.11. The number of nitrogens with zero attached hydrogens (tertiary/aromatic N) is 2. The van der Waals surface area contributed by atoms with Crippen LogP contribution in [0.15, 0.2) is 42.6 Å². The molecule has 4 nitrogen and oxygen atoms in total. The molecule has 1 atom stereocenters. The molecule has 0 aliphatic carbocycles. The molecular weight excluding hydrogens is 271 g/mol. The van der Waals surface area contributed by atoms with Crippen LogP contribution in [0.5, 0.6) is 0 Å². The van der Waals surface area contributed by atoms with E-state index in [9.17, 15) is 14.4 Å². The van der Waals surface area contributed by atoms with Gasteiger partial charge >= 0.3 is 0 Å². The molecule has 0 saturated heterocycles. The van der Waals surface area contributed by atoms with E-state index in [4.69, 9.17) is 4.74 Å². The van der Waals surface area contributed by atoms with Crippen LogP contribution >= 0.6 is 0 Å². The first-order valence-corrected chi connectivity index (χ1v) is 6.29. The molecule has 0 aliphatic rings. The van der Waals surface area contributed by atoms with Crippen molar-refractivity contribution >= 4 is 5.78 Å². The Kier molecular flexibility index (Phi) is 4.75. The Labute approximate surface area is 121 Å². The van der Waals surface area contributed by atoms with Gasteiger partial charge in [-0.05, 0) is 17.7 Å². The Morgan fingerprint density at radius 1 is 1.38 bits per heavy atom. The van der Waals surface area contributed by atoms with Gasteiger partial charge in [-0.1, -0.05) is 24.3 Å². The van der Waals surface area contributed by atoms with E-state index in [1.54, 1.807) is 24.3 Å².